The molecule has 0 aromatic carbocycles. The summed E-state index contributed by atoms with van der Waals surface area (Å²) < 4.78 is 1.67. The Hall–Kier alpha value is -1.36. The summed E-state index contributed by atoms with van der Waals surface area (Å²) in [4.78, 5) is 11.5. The van der Waals surface area contributed by atoms with E-state index in [1.807, 2.05) is 14.0 Å². The minimum absolute atomic E-state index is 0.447. The number of hydrogen-bond donors (Lipinski definition) is 2. The van der Waals surface area contributed by atoms with Gasteiger partial charge in [-0.3, -0.25) is 9.48 Å². The van der Waals surface area contributed by atoms with E-state index in [4.69, 9.17) is 0 Å². The summed E-state index contributed by atoms with van der Waals surface area (Å²) in [6.45, 7) is 7.25. The van der Waals surface area contributed by atoms with E-state index in [1.165, 1.54) is 25.7 Å². The molecule has 118 valence electrons. The third-order valence-electron chi connectivity index (χ3n) is 4.68. The number of carboxylic acid groups (broad SMARTS) is 1. The lowest BCUT2D eigenvalue weighted by Crippen LogP contribution is -2.35. The van der Waals surface area contributed by atoms with Gasteiger partial charge in [-0.25, -0.2) is 0 Å². The predicted octanol–water partition coefficient (Wildman–Crippen LogP) is 2.66. The Morgan fingerprint density at radius 1 is 1.52 bits per heavy atom. The van der Waals surface area contributed by atoms with E-state index in [1.54, 1.807) is 10.9 Å². The second-order valence-electron chi connectivity index (χ2n) is 7.13. The normalized spacial score (nSPS) is 20.4. The SMILES string of the molecule is Cc1nn(C)cc1C(NCC1CCC(C)(C)CC1)C(=O)O. The Labute approximate surface area is 126 Å². The number of nitrogens with zero attached hydrogens (tertiary/aromatic N) is 2. The molecule has 21 heavy (non-hydrogen) atoms. The topological polar surface area (TPSA) is 67.2 Å². The van der Waals surface area contributed by atoms with Crippen LogP contribution >= 0.6 is 0 Å². The molecule has 0 aliphatic heterocycles. The van der Waals surface area contributed by atoms with Gasteiger partial charge in [-0.1, -0.05) is 13.8 Å². The van der Waals surface area contributed by atoms with Gasteiger partial charge in [0.15, 0.2) is 0 Å². The van der Waals surface area contributed by atoms with Crippen LogP contribution in [0.5, 0.6) is 0 Å². The molecule has 1 aromatic rings. The van der Waals surface area contributed by atoms with Gasteiger partial charge in [0.05, 0.1) is 5.69 Å². The second-order valence-corrected chi connectivity index (χ2v) is 7.13. The summed E-state index contributed by atoms with van der Waals surface area (Å²) in [5.41, 5.74) is 1.99. The molecule has 1 aromatic heterocycles. The molecule has 2 N–H and O–H groups in total. The summed E-state index contributed by atoms with van der Waals surface area (Å²) in [5, 5.41) is 16.9. The van der Waals surface area contributed by atoms with E-state index >= 15 is 0 Å². The molecule has 5 heteroatoms. The molecule has 0 amide bonds. The number of carbonyl (C=O) groups is 1. The lowest BCUT2D eigenvalue weighted by Gasteiger charge is -2.34. The predicted molar refractivity (Wildman–Crippen MR) is 82.1 cm³/mol. The van der Waals surface area contributed by atoms with Crippen molar-refractivity contribution in [2.24, 2.45) is 18.4 Å². The fraction of sp³-hybridized carbons (Fsp3) is 0.750. The Morgan fingerprint density at radius 2 is 2.14 bits per heavy atom. The molecule has 1 unspecified atom stereocenters. The van der Waals surface area contributed by atoms with Crippen LogP contribution in [0.25, 0.3) is 0 Å². The highest BCUT2D eigenvalue weighted by Gasteiger charge is 2.29. The maximum absolute atomic E-state index is 11.5. The van der Waals surface area contributed by atoms with Crippen LogP contribution in [-0.2, 0) is 11.8 Å². The molecule has 1 saturated carbocycles. The average Bonchev–Trinajstić information content (AvgIpc) is 2.70. The van der Waals surface area contributed by atoms with Gasteiger partial charge in [0.25, 0.3) is 0 Å². The number of aliphatic carboxylic acids is 1. The Bertz CT molecular complexity index is 498. The quantitative estimate of drug-likeness (QED) is 0.876. The lowest BCUT2D eigenvalue weighted by atomic mass is 9.73. The zero-order chi connectivity index (χ0) is 15.6. The molecule has 1 aliphatic carbocycles. The first-order chi connectivity index (χ1) is 9.78. The van der Waals surface area contributed by atoms with Gasteiger partial charge in [0, 0.05) is 18.8 Å². The van der Waals surface area contributed by atoms with Crippen molar-refractivity contribution in [3.63, 3.8) is 0 Å². The van der Waals surface area contributed by atoms with E-state index in [0.29, 0.717) is 11.3 Å². The molecule has 0 saturated heterocycles. The zero-order valence-corrected chi connectivity index (χ0v) is 13.5. The fourth-order valence-corrected chi connectivity index (χ4v) is 3.18. The van der Waals surface area contributed by atoms with Gasteiger partial charge in [-0.15, -0.1) is 0 Å². The molecule has 0 radical (unpaired) electrons. The third kappa shape index (κ3) is 4.06. The maximum Gasteiger partial charge on any atom is 0.325 e. The van der Waals surface area contributed by atoms with Gasteiger partial charge in [-0.05, 0) is 50.5 Å². The van der Waals surface area contributed by atoms with Gasteiger partial charge in [0.2, 0.25) is 0 Å². The standard InChI is InChI=1S/C16H27N3O2/c1-11-13(10-19(4)18-11)14(15(20)21)17-9-12-5-7-16(2,3)8-6-12/h10,12,14,17H,5-9H2,1-4H3,(H,20,21). The lowest BCUT2D eigenvalue weighted by molar-refractivity contribution is -0.139. The van der Waals surface area contributed by atoms with Crippen molar-refractivity contribution >= 4 is 5.97 Å². The van der Waals surface area contributed by atoms with Gasteiger partial charge < -0.3 is 10.4 Å². The average molecular weight is 293 g/mol. The molecule has 0 spiro atoms. The van der Waals surface area contributed by atoms with E-state index in [9.17, 15) is 9.90 Å². The molecule has 1 heterocycles. The van der Waals surface area contributed by atoms with Crippen LogP contribution in [0.15, 0.2) is 6.20 Å². The highest BCUT2D eigenvalue weighted by Crippen LogP contribution is 2.37. The van der Waals surface area contributed by atoms with Crippen molar-refractivity contribution in [3.05, 3.63) is 17.5 Å². The van der Waals surface area contributed by atoms with Crippen LogP contribution in [0.1, 0.15) is 56.8 Å². The largest absolute Gasteiger partial charge is 0.480 e. The van der Waals surface area contributed by atoms with E-state index < -0.39 is 12.0 Å². The minimum atomic E-state index is -0.831. The minimum Gasteiger partial charge on any atom is -0.480 e. The first kappa shape index (κ1) is 16.0. The van der Waals surface area contributed by atoms with Gasteiger partial charge >= 0.3 is 5.97 Å². The van der Waals surface area contributed by atoms with Gasteiger partial charge in [-0.2, -0.15) is 5.10 Å². The summed E-state index contributed by atoms with van der Waals surface area (Å²) in [7, 11) is 1.82. The van der Waals surface area contributed by atoms with Crippen LogP contribution in [0.4, 0.5) is 0 Å². The number of hydrogen-bond acceptors (Lipinski definition) is 3. The summed E-state index contributed by atoms with van der Waals surface area (Å²) in [5.74, 6) is -0.251. The maximum atomic E-state index is 11.5. The zero-order valence-electron chi connectivity index (χ0n) is 13.5. The van der Waals surface area contributed by atoms with Crippen LogP contribution in [0.2, 0.25) is 0 Å². The van der Waals surface area contributed by atoms with Crippen molar-refractivity contribution in [1.29, 1.82) is 0 Å². The molecule has 1 aliphatic rings. The summed E-state index contributed by atoms with van der Waals surface area (Å²) in [6.07, 6.45) is 6.60. The van der Waals surface area contributed by atoms with Crippen molar-refractivity contribution < 1.29 is 9.90 Å². The smallest absolute Gasteiger partial charge is 0.325 e. The van der Waals surface area contributed by atoms with Crippen LogP contribution in [0, 0.1) is 18.3 Å². The molecule has 0 bridgehead atoms. The van der Waals surface area contributed by atoms with Crippen molar-refractivity contribution in [2.75, 3.05) is 6.54 Å². The molecular weight excluding hydrogens is 266 g/mol. The molecule has 1 fully saturated rings. The monoisotopic (exact) mass is 293 g/mol. The number of rotatable bonds is 5. The highest BCUT2D eigenvalue weighted by atomic mass is 16.4. The first-order valence-electron chi connectivity index (χ1n) is 7.75. The number of carboxylic acids is 1. The van der Waals surface area contributed by atoms with Crippen molar-refractivity contribution in [3.8, 4) is 0 Å². The van der Waals surface area contributed by atoms with E-state index in [0.717, 1.165) is 17.8 Å². The number of nitrogens with one attached hydrogen (secondary N) is 1. The second kappa shape index (κ2) is 6.18. The van der Waals surface area contributed by atoms with Crippen LogP contribution in [0.3, 0.4) is 0 Å². The van der Waals surface area contributed by atoms with Crippen LogP contribution < -0.4 is 5.32 Å². The Kier molecular flexibility index (Phi) is 4.71. The summed E-state index contributed by atoms with van der Waals surface area (Å²) in [6, 6.07) is -0.659. The molecule has 2 rings (SSSR count). The van der Waals surface area contributed by atoms with E-state index in [-0.39, 0.29) is 0 Å². The molecule has 5 nitrogen and oxygen atoms in total. The number of aromatic nitrogens is 2. The van der Waals surface area contributed by atoms with Gasteiger partial charge in [0.1, 0.15) is 6.04 Å². The first-order valence-corrected chi connectivity index (χ1v) is 7.75. The van der Waals surface area contributed by atoms with Crippen molar-refractivity contribution in [2.45, 2.75) is 52.5 Å². The summed E-state index contributed by atoms with van der Waals surface area (Å²) >= 11 is 0. The number of aryl methyl sites for hydroxylation is 2. The molecule has 1 atom stereocenters. The molecular formula is C16H27N3O2. The Balaban J connectivity index is 1.96. The Morgan fingerprint density at radius 3 is 2.62 bits per heavy atom. The van der Waals surface area contributed by atoms with Crippen molar-refractivity contribution in [1.82, 2.24) is 15.1 Å². The fourth-order valence-electron chi connectivity index (χ4n) is 3.18. The third-order valence-corrected chi connectivity index (χ3v) is 4.68. The highest BCUT2D eigenvalue weighted by molar-refractivity contribution is 5.75. The van der Waals surface area contributed by atoms with E-state index in [2.05, 4.69) is 24.3 Å². The van der Waals surface area contributed by atoms with Crippen LogP contribution in [-0.4, -0.2) is 27.4 Å².